The van der Waals surface area contributed by atoms with Gasteiger partial charge in [0, 0.05) is 17.7 Å². The summed E-state index contributed by atoms with van der Waals surface area (Å²) in [5.41, 5.74) is 2.46. The zero-order valence-corrected chi connectivity index (χ0v) is 16.7. The monoisotopic (exact) mass is 412 g/mol. The van der Waals surface area contributed by atoms with E-state index in [-0.39, 0.29) is 30.6 Å². The Morgan fingerprint density at radius 3 is 2.66 bits per heavy atom. The molecule has 1 unspecified atom stereocenters. The minimum atomic E-state index is -0.225. The number of amides is 2. The van der Waals surface area contributed by atoms with Crippen LogP contribution in [-0.2, 0) is 9.59 Å². The maximum absolute atomic E-state index is 12.3. The van der Waals surface area contributed by atoms with Crippen molar-refractivity contribution in [2.24, 2.45) is 5.92 Å². The van der Waals surface area contributed by atoms with Gasteiger partial charge in [-0.1, -0.05) is 23.7 Å². The molecule has 0 aromatic heterocycles. The maximum Gasteiger partial charge on any atom is 0.244 e. The molecule has 1 heterocycles. The van der Waals surface area contributed by atoms with E-state index in [0.717, 1.165) is 29.7 Å². The van der Waals surface area contributed by atoms with E-state index in [9.17, 15) is 9.59 Å². The van der Waals surface area contributed by atoms with Gasteiger partial charge in [0.25, 0.3) is 0 Å². The molecular formula is C22H21ClN2O4. The Labute approximate surface area is 173 Å². The van der Waals surface area contributed by atoms with E-state index in [1.54, 1.807) is 18.2 Å². The molecule has 1 fully saturated rings. The highest BCUT2D eigenvalue weighted by Gasteiger charge is 2.29. The Hall–Kier alpha value is -2.99. The molecule has 0 radical (unpaired) electrons. The molecule has 150 valence electrons. The van der Waals surface area contributed by atoms with Crippen LogP contribution in [0.5, 0.6) is 11.5 Å². The van der Waals surface area contributed by atoms with Gasteiger partial charge in [0.05, 0.1) is 11.1 Å². The van der Waals surface area contributed by atoms with Crippen LogP contribution in [0.2, 0.25) is 5.02 Å². The van der Waals surface area contributed by atoms with Crippen LogP contribution in [0.25, 0.3) is 6.08 Å². The predicted octanol–water partition coefficient (Wildman–Crippen LogP) is 4.31. The highest BCUT2D eigenvalue weighted by atomic mass is 35.5. The topological polar surface area (TPSA) is 76.7 Å². The number of fused-ring (bicyclic) bond motifs is 1. The van der Waals surface area contributed by atoms with Crippen molar-refractivity contribution in [1.82, 2.24) is 5.32 Å². The van der Waals surface area contributed by atoms with E-state index in [4.69, 9.17) is 21.1 Å². The third-order valence-corrected chi connectivity index (χ3v) is 5.14. The van der Waals surface area contributed by atoms with Crippen molar-refractivity contribution in [3.63, 3.8) is 0 Å². The number of nitrogens with one attached hydrogen (secondary N) is 2. The van der Waals surface area contributed by atoms with E-state index in [1.807, 2.05) is 31.2 Å². The predicted molar refractivity (Wildman–Crippen MR) is 111 cm³/mol. The first-order valence-corrected chi connectivity index (χ1v) is 9.86. The van der Waals surface area contributed by atoms with Gasteiger partial charge in [-0.25, -0.2) is 0 Å². The number of ether oxygens (including phenoxy) is 2. The van der Waals surface area contributed by atoms with Crippen molar-refractivity contribution in [2.75, 3.05) is 12.1 Å². The summed E-state index contributed by atoms with van der Waals surface area (Å²) in [6, 6.07) is 10.8. The number of anilines is 1. The van der Waals surface area contributed by atoms with Gasteiger partial charge in [0.2, 0.25) is 18.6 Å². The van der Waals surface area contributed by atoms with E-state index >= 15 is 0 Å². The molecule has 2 amide bonds. The van der Waals surface area contributed by atoms with Gasteiger partial charge in [-0.05, 0) is 61.2 Å². The maximum atomic E-state index is 12.3. The highest BCUT2D eigenvalue weighted by molar-refractivity contribution is 6.32. The quantitative estimate of drug-likeness (QED) is 0.693. The van der Waals surface area contributed by atoms with E-state index in [2.05, 4.69) is 10.6 Å². The zero-order chi connectivity index (χ0) is 20.4. The van der Waals surface area contributed by atoms with Crippen molar-refractivity contribution in [3.05, 3.63) is 58.6 Å². The summed E-state index contributed by atoms with van der Waals surface area (Å²) in [7, 11) is 0. The number of carbonyl (C=O) groups excluding carboxylic acids is 2. The Balaban J connectivity index is 1.33. The summed E-state index contributed by atoms with van der Waals surface area (Å²) in [5.74, 6) is 1.11. The summed E-state index contributed by atoms with van der Waals surface area (Å²) >= 11 is 6.15. The largest absolute Gasteiger partial charge is 0.454 e. The summed E-state index contributed by atoms with van der Waals surface area (Å²) < 4.78 is 10.6. The van der Waals surface area contributed by atoms with Crippen LogP contribution in [0.3, 0.4) is 0 Å². The molecule has 2 aromatic rings. The molecule has 2 aliphatic rings. The molecule has 29 heavy (non-hydrogen) atoms. The number of hydrogen-bond donors (Lipinski definition) is 2. The molecule has 0 spiro atoms. The van der Waals surface area contributed by atoms with Crippen molar-refractivity contribution in [2.45, 2.75) is 25.8 Å². The molecule has 0 bridgehead atoms. The fraction of sp³-hybridized carbons (Fsp3) is 0.273. The van der Waals surface area contributed by atoms with Gasteiger partial charge in [0.15, 0.2) is 11.5 Å². The molecule has 4 rings (SSSR count). The summed E-state index contributed by atoms with van der Waals surface area (Å²) in [6.45, 7) is 2.05. The minimum Gasteiger partial charge on any atom is -0.454 e. The van der Waals surface area contributed by atoms with Gasteiger partial charge in [0.1, 0.15) is 0 Å². The van der Waals surface area contributed by atoms with E-state index in [0.29, 0.717) is 16.5 Å². The Morgan fingerprint density at radius 2 is 1.93 bits per heavy atom. The molecule has 2 aromatic carbocycles. The molecule has 7 heteroatoms. The second-order valence-corrected chi connectivity index (χ2v) is 7.59. The van der Waals surface area contributed by atoms with Crippen LogP contribution in [-0.4, -0.2) is 18.6 Å². The first kappa shape index (κ1) is 19.3. The summed E-state index contributed by atoms with van der Waals surface area (Å²) in [5, 5.41) is 6.27. The van der Waals surface area contributed by atoms with Crippen molar-refractivity contribution >= 4 is 35.2 Å². The molecular weight excluding hydrogens is 392 g/mol. The number of halogens is 1. The molecule has 2 N–H and O–H groups in total. The van der Waals surface area contributed by atoms with E-state index < -0.39 is 0 Å². The Bertz CT molecular complexity index is 968. The summed E-state index contributed by atoms with van der Waals surface area (Å²) in [4.78, 5) is 24.1. The average molecular weight is 413 g/mol. The van der Waals surface area contributed by atoms with Crippen LogP contribution >= 0.6 is 11.6 Å². The molecule has 0 saturated heterocycles. The van der Waals surface area contributed by atoms with Crippen molar-refractivity contribution < 1.29 is 19.1 Å². The number of rotatable bonds is 6. The lowest BCUT2D eigenvalue weighted by atomic mass is 10.1. The lowest BCUT2D eigenvalue weighted by molar-refractivity contribution is -0.118. The molecule has 1 aliphatic heterocycles. The van der Waals surface area contributed by atoms with Gasteiger partial charge in [-0.15, -0.1) is 0 Å². The Morgan fingerprint density at radius 1 is 1.17 bits per heavy atom. The third-order valence-electron chi connectivity index (χ3n) is 4.86. The molecule has 1 atom stereocenters. The SMILES string of the molecule is CC(NC(=O)/C=C/c1cc(Cl)c2c(c1)OCO2)c1ccc(NC(=O)C2CC2)cc1. The van der Waals surface area contributed by atoms with Crippen molar-refractivity contribution in [1.29, 1.82) is 0 Å². The lowest BCUT2D eigenvalue weighted by Crippen LogP contribution is -2.24. The first-order valence-electron chi connectivity index (χ1n) is 9.48. The molecule has 1 aliphatic carbocycles. The van der Waals surface area contributed by atoms with Gasteiger partial charge >= 0.3 is 0 Å². The third kappa shape index (κ3) is 4.71. The Kier molecular flexibility index (Phi) is 5.45. The standard InChI is InChI=1S/C22H21ClN2O4/c1-13(15-5-7-17(8-6-15)25-22(27)16-3-4-16)24-20(26)9-2-14-10-18(23)21-19(11-14)28-12-29-21/h2,5-11,13,16H,3-4,12H2,1H3,(H,24,26)(H,25,27)/b9-2+. The van der Waals surface area contributed by atoms with Gasteiger partial charge in [-0.3, -0.25) is 9.59 Å². The number of benzene rings is 2. The second kappa shape index (κ2) is 8.17. The zero-order valence-electron chi connectivity index (χ0n) is 15.9. The number of carbonyl (C=O) groups is 2. The molecule has 1 saturated carbocycles. The fourth-order valence-electron chi connectivity index (χ4n) is 3.05. The highest BCUT2D eigenvalue weighted by Crippen LogP contribution is 2.40. The number of hydrogen-bond acceptors (Lipinski definition) is 4. The molecule has 6 nitrogen and oxygen atoms in total. The lowest BCUT2D eigenvalue weighted by Gasteiger charge is -2.14. The fourth-order valence-corrected chi connectivity index (χ4v) is 3.32. The summed E-state index contributed by atoms with van der Waals surface area (Å²) in [6.07, 6.45) is 5.07. The smallest absolute Gasteiger partial charge is 0.244 e. The normalized spacial score (nSPS) is 15.9. The minimum absolute atomic E-state index is 0.0767. The van der Waals surface area contributed by atoms with Crippen LogP contribution in [0.4, 0.5) is 5.69 Å². The van der Waals surface area contributed by atoms with Crippen LogP contribution in [0.15, 0.2) is 42.5 Å². The second-order valence-electron chi connectivity index (χ2n) is 7.19. The van der Waals surface area contributed by atoms with Crippen LogP contribution in [0, 0.1) is 5.92 Å². The van der Waals surface area contributed by atoms with Crippen molar-refractivity contribution in [3.8, 4) is 11.5 Å². The van der Waals surface area contributed by atoms with Crippen LogP contribution < -0.4 is 20.1 Å². The van der Waals surface area contributed by atoms with E-state index in [1.165, 1.54) is 6.08 Å². The average Bonchev–Trinajstić information content (AvgIpc) is 3.45. The van der Waals surface area contributed by atoms with Crippen LogP contribution in [0.1, 0.15) is 36.9 Å². The van der Waals surface area contributed by atoms with Gasteiger partial charge in [-0.2, -0.15) is 0 Å². The first-order chi connectivity index (χ1) is 14.0. The van der Waals surface area contributed by atoms with Gasteiger partial charge < -0.3 is 20.1 Å².